The number of primary amides is 1. The first-order valence-electron chi connectivity index (χ1n) is 3.24. The van der Waals surface area contributed by atoms with Crippen LogP contribution in [0.25, 0.3) is 0 Å². The van der Waals surface area contributed by atoms with E-state index in [0.717, 1.165) is 11.3 Å². The molecule has 0 aliphatic carbocycles. The Balaban J connectivity index is 2.69. The molecule has 0 saturated carbocycles. The molecule has 1 heterocycles. The zero-order chi connectivity index (χ0) is 9.84. The van der Waals surface area contributed by atoms with Crippen LogP contribution >= 0.6 is 22.9 Å². The van der Waals surface area contributed by atoms with Crippen molar-refractivity contribution in [1.82, 2.24) is 4.98 Å². The van der Waals surface area contributed by atoms with Crippen molar-refractivity contribution in [3.05, 3.63) is 11.1 Å². The maximum Gasteiger partial charge on any atom is 0.268 e. The third kappa shape index (κ3) is 2.67. The van der Waals surface area contributed by atoms with Crippen LogP contribution in [-0.4, -0.2) is 22.7 Å². The number of carbonyl (C=O) groups excluding carboxylic acids is 2. The molecule has 0 atom stereocenters. The number of alkyl halides is 1. The van der Waals surface area contributed by atoms with Gasteiger partial charge in [-0.15, -0.1) is 22.9 Å². The Morgan fingerprint density at radius 2 is 2.38 bits per heavy atom. The van der Waals surface area contributed by atoms with Crippen molar-refractivity contribution >= 4 is 39.9 Å². The lowest BCUT2D eigenvalue weighted by molar-refractivity contribution is -0.113. The lowest BCUT2D eigenvalue weighted by atomic mass is 10.5. The molecule has 13 heavy (non-hydrogen) atoms. The fourth-order valence-electron chi connectivity index (χ4n) is 0.597. The van der Waals surface area contributed by atoms with Gasteiger partial charge < -0.3 is 11.1 Å². The Morgan fingerprint density at radius 3 is 2.85 bits per heavy atom. The molecule has 0 aromatic carbocycles. The highest BCUT2D eigenvalue weighted by atomic mass is 35.5. The maximum atomic E-state index is 10.8. The summed E-state index contributed by atoms with van der Waals surface area (Å²) in [7, 11) is 0. The number of hydrogen-bond donors (Lipinski definition) is 2. The number of rotatable bonds is 3. The molecule has 3 N–H and O–H groups in total. The molecule has 0 fully saturated rings. The van der Waals surface area contributed by atoms with E-state index in [1.807, 2.05) is 0 Å². The first kappa shape index (κ1) is 9.94. The number of thiazole rings is 1. The topological polar surface area (TPSA) is 85.1 Å². The fourth-order valence-corrected chi connectivity index (χ4v) is 1.38. The van der Waals surface area contributed by atoms with Gasteiger partial charge in [0.1, 0.15) is 11.6 Å². The second kappa shape index (κ2) is 4.20. The molecule has 1 rings (SSSR count). The first-order chi connectivity index (χ1) is 6.13. The summed E-state index contributed by atoms with van der Waals surface area (Å²) < 4.78 is 0. The number of aromatic nitrogens is 1. The molecular formula is C6H6ClN3O2S. The van der Waals surface area contributed by atoms with Crippen LogP contribution in [0, 0.1) is 0 Å². The van der Waals surface area contributed by atoms with Gasteiger partial charge in [-0.2, -0.15) is 0 Å². The Labute approximate surface area is 82.9 Å². The summed E-state index contributed by atoms with van der Waals surface area (Å²) in [6, 6.07) is 0. The van der Waals surface area contributed by atoms with Gasteiger partial charge in [-0.25, -0.2) is 4.98 Å². The number of nitrogens with one attached hydrogen (secondary N) is 1. The van der Waals surface area contributed by atoms with Crippen molar-refractivity contribution in [1.29, 1.82) is 0 Å². The number of nitrogens with two attached hydrogens (primary N) is 1. The van der Waals surface area contributed by atoms with Crippen LogP contribution in [0.2, 0.25) is 0 Å². The predicted octanol–water partition coefficient (Wildman–Crippen LogP) is 0.419. The minimum absolute atomic E-state index is 0.134. The van der Waals surface area contributed by atoms with Gasteiger partial charge in [-0.1, -0.05) is 0 Å². The number of anilines is 1. The third-order valence-corrected chi connectivity index (χ3v) is 2.12. The van der Waals surface area contributed by atoms with E-state index in [1.54, 1.807) is 0 Å². The highest BCUT2D eigenvalue weighted by Crippen LogP contribution is 2.14. The Kier molecular flexibility index (Phi) is 3.21. The Bertz CT molecular complexity index is 338. The summed E-state index contributed by atoms with van der Waals surface area (Å²) in [5, 5.41) is 4.18. The minimum Gasteiger partial charge on any atom is -0.364 e. The molecule has 0 unspecified atom stereocenters. The number of hydrogen-bond acceptors (Lipinski definition) is 4. The molecular weight excluding hydrogens is 214 g/mol. The summed E-state index contributed by atoms with van der Waals surface area (Å²) in [5.74, 6) is -1.14. The van der Waals surface area contributed by atoms with Crippen molar-refractivity contribution in [3.8, 4) is 0 Å². The average molecular weight is 220 g/mol. The standard InChI is InChI=1S/C6H6ClN3O2S/c7-1-4(11)10-6-9-3(2-13-6)5(8)12/h2H,1H2,(H2,8,12)(H,9,10,11). The van der Waals surface area contributed by atoms with Crippen molar-refractivity contribution < 1.29 is 9.59 Å². The van der Waals surface area contributed by atoms with Gasteiger partial charge in [0, 0.05) is 5.38 Å². The molecule has 7 heteroatoms. The molecule has 2 amide bonds. The molecule has 5 nitrogen and oxygen atoms in total. The summed E-state index contributed by atoms with van der Waals surface area (Å²) in [5.41, 5.74) is 5.09. The van der Waals surface area contributed by atoms with Gasteiger partial charge in [-0.05, 0) is 0 Å². The maximum absolute atomic E-state index is 10.8. The van der Waals surface area contributed by atoms with Crippen molar-refractivity contribution in [2.24, 2.45) is 5.73 Å². The van der Waals surface area contributed by atoms with Gasteiger partial charge in [-0.3, -0.25) is 9.59 Å². The fraction of sp³-hybridized carbons (Fsp3) is 0.167. The zero-order valence-corrected chi connectivity index (χ0v) is 7.98. The zero-order valence-electron chi connectivity index (χ0n) is 6.41. The Hall–Kier alpha value is -1.14. The molecule has 0 aliphatic rings. The van der Waals surface area contributed by atoms with Crippen LogP contribution in [0.3, 0.4) is 0 Å². The van der Waals surface area contributed by atoms with Gasteiger partial charge in [0.25, 0.3) is 5.91 Å². The quantitative estimate of drug-likeness (QED) is 0.723. The summed E-state index contributed by atoms with van der Waals surface area (Å²) >= 11 is 6.36. The van der Waals surface area contributed by atoms with Gasteiger partial charge in [0.05, 0.1) is 0 Å². The van der Waals surface area contributed by atoms with E-state index in [2.05, 4.69) is 10.3 Å². The monoisotopic (exact) mass is 219 g/mol. The van der Waals surface area contributed by atoms with E-state index in [1.165, 1.54) is 5.38 Å². The molecule has 0 radical (unpaired) electrons. The number of carbonyl (C=O) groups is 2. The molecule has 70 valence electrons. The second-order valence-electron chi connectivity index (χ2n) is 2.08. The van der Waals surface area contributed by atoms with E-state index < -0.39 is 5.91 Å². The van der Waals surface area contributed by atoms with Crippen LogP contribution in [0.5, 0.6) is 0 Å². The van der Waals surface area contributed by atoms with E-state index in [4.69, 9.17) is 17.3 Å². The molecule has 1 aromatic rings. The largest absolute Gasteiger partial charge is 0.364 e. The van der Waals surface area contributed by atoms with Gasteiger partial charge >= 0.3 is 0 Å². The predicted molar refractivity (Wildman–Crippen MR) is 50.0 cm³/mol. The van der Waals surface area contributed by atoms with Crippen molar-refractivity contribution in [2.45, 2.75) is 0 Å². The van der Waals surface area contributed by atoms with Crippen LogP contribution in [-0.2, 0) is 4.79 Å². The first-order valence-corrected chi connectivity index (χ1v) is 4.66. The van der Waals surface area contributed by atoms with Crippen LogP contribution in [0.15, 0.2) is 5.38 Å². The lowest BCUT2D eigenvalue weighted by Crippen LogP contribution is -2.14. The summed E-state index contributed by atoms with van der Waals surface area (Å²) in [6.45, 7) is 0. The molecule has 0 aliphatic heterocycles. The third-order valence-electron chi connectivity index (χ3n) is 1.12. The lowest BCUT2D eigenvalue weighted by Gasteiger charge is -1.94. The van der Waals surface area contributed by atoms with Gasteiger partial charge in [0.2, 0.25) is 5.91 Å². The highest BCUT2D eigenvalue weighted by molar-refractivity contribution is 7.14. The molecule has 0 saturated heterocycles. The Morgan fingerprint density at radius 1 is 1.69 bits per heavy atom. The highest BCUT2D eigenvalue weighted by Gasteiger charge is 2.08. The van der Waals surface area contributed by atoms with Crippen LogP contribution in [0.1, 0.15) is 10.5 Å². The summed E-state index contributed by atoms with van der Waals surface area (Å²) in [4.78, 5) is 25.1. The van der Waals surface area contributed by atoms with Gasteiger partial charge in [0.15, 0.2) is 5.13 Å². The summed E-state index contributed by atoms with van der Waals surface area (Å²) in [6.07, 6.45) is 0. The SMILES string of the molecule is NC(=O)c1csc(NC(=O)CCl)n1. The van der Waals surface area contributed by atoms with Crippen LogP contribution < -0.4 is 11.1 Å². The number of amides is 2. The van der Waals surface area contributed by atoms with E-state index in [0.29, 0.717) is 5.13 Å². The molecule has 0 bridgehead atoms. The number of nitrogens with zero attached hydrogens (tertiary/aromatic N) is 1. The van der Waals surface area contributed by atoms with Crippen molar-refractivity contribution in [3.63, 3.8) is 0 Å². The van der Waals surface area contributed by atoms with E-state index >= 15 is 0 Å². The normalized spacial score (nSPS) is 9.62. The van der Waals surface area contributed by atoms with E-state index in [9.17, 15) is 9.59 Å². The molecule has 1 aromatic heterocycles. The van der Waals surface area contributed by atoms with E-state index in [-0.39, 0.29) is 17.5 Å². The van der Waals surface area contributed by atoms with Crippen LogP contribution in [0.4, 0.5) is 5.13 Å². The molecule has 0 spiro atoms. The minimum atomic E-state index is -0.623. The smallest absolute Gasteiger partial charge is 0.268 e. The van der Waals surface area contributed by atoms with Crippen molar-refractivity contribution in [2.75, 3.05) is 11.2 Å². The average Bonchev–Trinajstić information content (AvgIpc) is 2.52. The number of halogens is 1. The second-order valence-corrected chi connectivity index (χ2v) is 3.21.